The predicted molar refractivity (Wildman–Crippen MR) is 59.1 cm³/mol. The average molecular weight is 219 g/mol. The number of nitrogens with zero attached hydrogens (tertiary/aromatic N) is 3. The van der Waals surface area contributed by atoms with Crippen LogP contribution < -0.4 is 5.32 Å². The molecule has 6 heteroatoms. The van der Waals surface area contributed by atoms with Gasteiger partial charge in [0, 0.05) is 12.5 Å². The Morgan fingerprint density at radius 1 is 1.44 bits per heavy atom. The Morgan fingerprint density at radius 2 is 2.31 bits per heavy atom. The number of aliphatic hydroxyl groups is 1. The number of aromatic amines is 1. The van der Waals surface area contributed by atoms with Crippen LogP contribution in [0.1, 0.15) is 18.7 Å². The second-order valence-electron chi connectivity index (χ2n) is 4.00. The molecule has 0 aliphatic heterocycles. The summed E-state index contributed by atoms with van der Waals surface area (Å²) in [4.78, 5) is 15.9. The molecule has 0 amide bonds. The number of hydrogen-bond acceptors (Lipinski definition) is 5. The van der Waals surface area contributed by atoms with Gasteiger partial charge in [-0.1, -0.05) is 0 Å². The number of anilines is 1. The highest BCUT2D eigenvalue weighted by Gasteiger charge is 2.22. The largest absolute Gasteiger partial charge is 0.396 e. The lowest BCUT2D eigenvalue weighted by Gasteiger charge is -1.95. The summed E-state index contributed by atoms with van der Waals surface area (Å²) < 4.78 is 0. The van der Waals surface area contributed by atoms with Crippen LogP contribution in [0.4, 0.5) is 5.95 Å². The van der Waals surface area contributed by atoms with Crippen molar-refractivity contribution in [2.24, 2.45) is 0 Å². The molecule has 0 spiro atoms. The molecule has 2 aromatic rings. The van der Waals surface area contributed by atoms with E-state index >= 15 is 0 Å². The third kappa shape index (κ3) is 1.83. The molecule has 0 bridgehead atoms. The third-order valence-corrected chi connectivity index (χ3v) is 2.54. The maximum Gasteiger partial charge on any atom is 0.202 e. The van der Waals surface area contributed by atoms with E-state index in [1.54, 1.807) is 6.20 Å². The summed E-state index contributed by atoms with van der Waals surface area (Å²) in [6.45, 7) is 0.0586. The molecule has 0 unspecified atom stereocenters. The molecule has 6 nitrogen and oxygen atoms in total. The highest BCUT2D eigenvalue weighted by atomic mass is 16.3. The van der Waals surface area contributed by atoms with Crippen molar-refractivity contribution in [2.75, 3.05) is 11.9 Å². The lowest BCUT2D eigenvalue weighted by atomic mass is 10.4. The van der Waals surface area contributed by atoms with Gasteiger partial charge in [0.1, 0.15) is 11.3 Å². The van der Waals surface area contributed by atoms with E-state index in [0.717, 1.165) is 11.5 Å². The second kappa shape index (κ2) is 3.71. The molecule has 1 saturated carbocycles. The molecule has 1 fully saturated rings. The zero-order valence-electron chi connectivity index (χ0n) is 8.77. The molecule has 0 saturated heterocycles. The number of aliphatic hydroxyl groups excluding tert-OH is 1. The molecule has 1 aliphatic rings. The van der Waals surface area contributed by atoms with E-state index in [4.69, 9.17) is 5.11 Å². The topological polar surface area (TPSA) is 86.7 Å². The number of fused-ring (bicyclic) bond motifs is 1. The van der Waals surface area contributed by atoms with E-state index < -0.39 is 0 Å². The summed E-state index contributed by atoms with van der Waals surface area (Å²) in [5.41, 5.74) is 1.48. The molecular formula is C10H13N5O. The fourth-order valence-corrected chi connectivity index (χ4v) is 1.55. The lowest BCUT2D eigenvalue weighted by molar-refractivity contribution is 0.296. The van der Waals surface area contributed by atoms with Gasteiger partial charge >= 0.3 is 0 Å². The van der Waals surface area contributed by atoms with Gasteiger partial charge in [0.2, 0.25) is 5.95 Å². The molecule has 16 heavy (non-hydrogen) atoms. The van der Waals surface area contributed by atoms with Crippen LogP contribution in [-0.4, -0.2) is 37.7 Å². The first-order valence-electron chi connectivity index (χ1n) is 5.44. The van der Waals surface area contributed by atoms with Crippen LogP contribution in [0.5, 0.6) is 0 Å². The summed E-state index contributed by atoms with van der Waals surface area (Å²) in [6.07, 6.45) is 4.59. The van der Waals surface area contributed by atoms with Gasteiger partial charge in [-0.3, -0.25) is 0 Å². The maximum absolute atomic E-state index is 8.80. The fourth-order valence-electron chi connectivity index (χ4n) is 1.55. The van der Waals surface area contributed by atoms with Crippen LogP contribution in [0.15, 0.2) is 6.20 Å². The second-order valence-corrected chi connectivity index (χ2v) is 4.00. The van der Waals surface area contributed by atoms with Gasteiger partial charge in [-0.15, -0.1) is 0 Å². The zero-order chi connectivity index (χ0) is 11.0. The summed E-state index contributed by atoms with van der Waals surface area (Å²) in [5.74, 6) is 1.38. The first-order valence-corrected chi connectivity index (χ1v) is 5.44. The van der Waals surface area contributed by atoms with Crippen LogP contribution in [0.2, 0.25) is 0 Å². The van der Waals surface area contributed by atoms with Gasteiger partial charge in [0.25, 0.3) is 0 Å². The first kappa shape index (κ1) is 9.53. The van der Waals surface area contributed by atoms with Crippen molar-refractivity contribution in [3.63, 3.8) is 0 Å². The SMILES string of the molecule is OCCc1ncc2[nH]c(NC3CC3)nc2n1. The summed E-state index contributed by atoms with van der Waals surface area (Å²) in [5, 5.41) is 12.1. The summed E-state index contributed by atoms with van der Waals surface area (Å²) in [6, 6.07) is 0.561. The molecule has 3 N–H and O–H groups in total. The zero-order valence-corrected chi connectivity index (χ0v) is 8.77. The monoisotopic (exact) mass is 219 g/mol. The molecule has 0 radical (unpaired) electrons. The van der Waals surface area contributed by atoms with E-state index in [-0.39, 0.29) is 6.61 Å². The van der Waals surface area contributed by atoms with Gasteiger partial charge in [0.15, 0.2) is 5.65 Å². The van der Waals surface area contributed by atoms with Crippen LogP contribution in [0.3, 0.4) is 0 Å². The molecule has 3 rings (SSSR count). The fraction of sp³-hybridized carbons (Fsp3) is 0.500. The summed E-state index contributed by atoms with van der Waals surface area (Å²) in [7, 11) is 0. The minimum Gasteiger partial charge on any atom is -0.396 e. The minimum absolute atomic E-state index is 0.0586. The Labute approximate surface area is 92.1 Å². The molecule has 0 atom stereocenters. The van der Waals surface area contributed by atoms with Crippen LogP contribution >= 0.6 is 0 Å². The smallest absolute Gasteiger partial charge is 0.202 e. The van der Waals surface area contributed by atoms with E-state index in [1.807, 2.05) is 0 Å². The molecular weight excluding hydrogens is 206 g/mol. The van der Waals surface area contributed by atoms with Crippen molar-refractivity contribution in [2.45, 2.75) is 25.3 Å². The Kier molecular flexibility index (Phi) is 2.21. The molecule has 1 aliphatic carbocycles. The predicted octanol–water partition coefficient (Wildman–Crippen LogP) is 0.462. The maximum atomic E-state index is 8.80. The van der Waals surface area contributed by atoms with Gasteiger partial charge in [0.05, 0.1) is 12.8 Å². The van der Waals surface area contributed by atoms with E-state index in [0.29, 0.717) is 23.9 Å². The number of H-pyrrole nitrogens is 1. The van der Waals surface area contributed by atoms with Crippen molar-refractivity contribution < 1.29 is 5.11 Å². The van der Waals surface area contributed by atoms with E-state index in [2.05, 4.69) is 25.3 Å². The molecule has 0 aromatic carbocycles. The van der Waals surface area contributed by atoms with Gasteiger partial charge < -0.3 is 15.4 Å². The van der Waals surface area contributed by atoms with Crippen LogP contribution in [-0.2, 0) is 6.42 Å². The standard InChI is InChI=1S/C10H13N5O/c16-4-3-8-11-5-7-9(14-8)15-10(13-7)12-6-1-2-6/h5-6,16H,1-4H2,(H2,11,12,13,14,15). The Morgan fingerprint density at radius 3 is 3.06 bits per heavy atom. The van der Waals surface area contributed by atoms with Gasteiger partial charge in [-0.25, -0.2) is 9.97 Å². The number of rotatable bonds is 4. The van der Waals surface area contributed by atoms with Crippen molar-refractivity contribution in [3.8, 4) is 0 Å². The first-order chi connectivity index (χ1) is 7.85. The van der Waals surface area contributed by atoms with E-state index in [1.165, 1.54) is 12.8 Å². The van der Waals surface area contributed by atoms with Crippen molar-refractivity contribution in [1.82, 2.24) is 19.9 Å². The molecule has 2 heterocycles. The minimum atomic E-state index is 0.0586. The van der Waals surface area contributed by atoms with Crippen molar-refractivity contribution >= 4 is 17.1 Å². The molecule has 84 valence electrons. The average Bonchev–Trinajstić information content (AvgIpc) is 2.97. The highest BCUT2D eigenvalue weighted by molar-refractivity contribution is 5.72. The Balaban J connectivity index is 1.90. The van der Waals surface area contributed by atoms with Crippen molar-refractivity contribution in [3.05, 3.63) is 12.0 Å². The lowest BCUT2D eigenvalue weighted by Crippen LogP contribution is -2.01. The highest BCUT2D eigenvalue weighted by Crippen LogP contribution is 2.23. The van der Waals surface area contributed by atoms with Gasteiger partial charge in [-0.05, 0) is 12.8 Å². The Bertz CT molecular complexity index is 505. The Hall–Kier alpha value is -1.69. The quantitative estimate of drug-likeness (QED) is 0.695. The van der Waals surface area contributed by atoms with Gasteiger partial charge in [-0.2, -0.15) is 4.98 Å². The molecule has 2 aromatic heterocycles. The van der Waals surface area contributed by atoms with Crippen LogP contribution in [0.25, 0.3) is 11.2 Å². The normalized spacial score (nSPS) is 15.6. The number of hydrogen-bond donors (Lipinski definition) is 3. The summed E-state index contributed by atoms with van der Waals surface area (Å²) >= 11 is 0. The number of imidazole rings is 1. The van der Waals surface area contributed by atoms with E-state index in [9.17, 15) is 0 Å². The van der Waals surface area contributed by atoms with Crippen molar-refractivity contribution in [1.29, 1.82) is 0 Å². The number of aromatic nitrogens is 4. The van der Waals surface area contributed by atoms with Crippen LogP contribution in [0, 0.1) is 0 Å². The number of nitrogens with one attached hydrogen (secondary N) is 2. The third-order valence-electron chi connectivity index (χ3n) is 2.54.